The number of rotatable bonds is 6. The lowest BCUT2D eigenvalue weighted by Crippen LogP contribution is -2.03. The van der Waals surface area contributed by atoms with E-state index in [1.807, 2.05) is 61.5 Å². The molecule has 0 amide bonds. The van der Waals surface area contributed by atoms with E-state index in [1.165, 1.54) is 0 Å². The maximum Gasteiger partial charge on any atom is 0.147 e. The van der Waals surface area contributed by atoms with Crippen LogP contribution in [0.4, 0.5) is 11.4 Å². The van der Waals surface area contributed by atoms with Crippen molar-refractivity contribution in [3.8, 4) is 22.8 Å². The molecule has 1 N–H and O–H groups in total. The quantitative estimate of drug-likeness (QED) is 0.302. The van der Waals surface area contributed by atoms with Crippen LogP contribution in [-0.2, 0) is 0 Å². The Hall–Kier alpha value is -3.84. The highest BCUT2D eigenvalue weighted by Crippen LogP contribution is 2.35. The molecule has 8 heteroatoms. The molecular weight excluding hydrogens is 448 g/mol. The van der Waals surface area contributed by atoms with Crippen LogP contribution in [0.1, 0.15) is 25.7 Å². The highest BCUT2D eigenvalue weighted by molar-refractivity contribution is 6.30. The van der Waals surface area contributed by atoms with Crippen molar-refractivity contribution >= 4 is 34.0 Å². The molecule has 3 aromatic carbocycles. The summed E-state index contributed by atoms with van der Waals surface area (Å²) in [5, 5.41) is 8.60. The summed E-state index contributed by atoms with van der Waals surface area (Å²) in [7, 11) is 1.65. The Labute approximate surface area is 203 Å². The van der Waals surface area contributed by atoms with E-state index >= 15 is 0 Å². The van der Waals surface area contributed by atoms with Gasteiger partial charge in [0.2, 0.25) is 0 Å². The monoisotopic (exact) mass is 472 g/mol. The second kappa shape index (κ2) is 8.83. The number of para-hydroxylation sites is 1. The smallest absolute Gasteiger partial charge is 0.147 e. The van der Waals surface area contributed by atoms with Gasteiger partial charge in [0.1, 0.15) is 34.9 Å². The number of aromatic nitrogens is 5. The molecule has 2 aromatic heterocycles. The number of anilines is 2. The van der Waals surface area contributed by atoms with Crippen LogP contribution in [0, 0.1) is 6.92 Å². The number of benzene rings is 3. The van der Waals surface area contributed by atoms with E-state index in [9.17, 15) is 0 Å². The fourth-order valence-electron chi connectivity index (χ4n) is 4.13. The number of nitrogens with zero attached hydrogens (tertiary/aromatic N) is 5. The summed E-state index contributed by atoms with van der Waals surface area (Å²) >= 11 is 6.28. The Bertz CT molecular complexity index is 1490. The van der Waals surface area contributed by atoms with Crippen LogP contribution in [0.5, 0.6) is 5.75 Å². The lowest BCUT2D eigenvalue weighted by Gasteiger charge is -2.14. The molecule has 0 atom stereocenters. The number of hydrogen-bond acceptors (Lipinski definition) is 5. The van der Waals surface area contributed by atoms with E-state index in [4.69, 9.17) is 21.3 Å². The zero-order valence-corrected chi connectivity index (χ0v) is 20.2. The molecule has 0 bridgehead atoms. The SMILES string of the molecule is COc1cc(Nc2cccc3c2nc(-c2cccc(Cl)c2)n3C(C)C)ccc1-n1cnc(C)n1. The third-order valence-corrected chi connectivity index (χ3v) is 5.87. The summed E-state index contributed by atoms with van der Waals surface area (Å²) in [6, 6.07) is 20.1. The van der Waals surface area contributed by atoms with Crippen molar-refractivity contribution < 1.29 is 4.74 Å². The zero-order valence-electron chi connectivity index (χ0n) is 19.5. The molecule has 0 saturated carbocycles. The van der Waals surface area contributed by atoms with Gasteiger partial charge in [0.05, 0.1) is 18.3 Å². The summed E-state index contributed by atoms with van der Waals surface area (Å²) in [6.07, 6.45) is 1.68. The summed E-state index contributed by atoms with van der Waals surface area (Å²) in [4.78, 5) is 9.25. The third kappa shape index (κ3) is 3.99. The number of hydrogen-bond donors (Lipinski definition) is 1. The van der Waals surface area contributed by atoms with Gasteiger partial charge in [-0.05, 0) is 57.2 Å². The Morgan fingerprint density at radius 1 is 1.03 bits per heavy atom. The van der Waals surface area contributed by atoms with Crippen molar-refractivity contribution in [2.45, 2.75) is 26.8 Å². The number of aryl methyl sites for hydroxylation is 1. The van der Waals surface area contributed by atoms with E-state index in [0.717, 1.165) is 39.5 Å². The molecule has 0 unspecified atom stereocenters. The Morgan fingerprint density at radius 2 is 1.85 bits per heavy atom. The second-order valence-electron chi connectivity index (χ2n) is 8.33. The topological polar surface area (TPSA) is 69.8 Å². The molecule has 0 aliphatic rings. The van der Waals surface area contributed by atoms with Gasteiger partial charge in [0.25, 0.3) is 0 Å². The van der Waals surface area contributed by atoms with Gasteiger partial charge >= 0.3 is 0 Å². The van der Waals surface area contributed by atoms with Gasteiger partial charge in [0.15, 0.2) is 0 Å². The van der Waals surface area contributed by atoms with Gasteiger partial charge in [0, 0.05) is 28.4 Å². The first kappa shape index (κ1) is 22.0. The second-order valence-corrected chi connectivity index (χ2v) is 8.77. The van der Waals surface area contributed by atoms with E-state index in [-0.39, 0.29) is 6.04 Å². The van der Waals surface area contributed by atoms with Gasteiger partial charge < -0.3 is 14.6 Å². The van der Waals surface area contributed by atoms with Crippen molar-refractivity contribution in [1.82, 2.24) is 24.3 Å². The molecule has 0 fully saturated rings. The number of halogens is 1. The van der Waals surface area contributed by atoms with E-state index in [2.05, 4.69) is 39.9 Å². The van der Waals surface area contributed by atoms with Crippen molar-refractivity contribution in [3.63, 3.8) is 0 Å². The molecule has 0 aliphatic heterocycles. The molecule has 5 aromatic rings. The van der Waals surface area contributed by atoms with Crippen LogP contribution >= 0.6 is 11.6 Å². The minimum atomic E-state index is 0.222. The van der Waals surface area contributed by atoms with Gasteiger partial charge in [-0.15, -0.1) is 0 Å². The molecule has 172 valence electrons. The maximum atomic E-state index is 6.28. The lowest BCUT2D eigenvalue weighted by molar-refractivity contribution is 0.412. The fraction of sp³-hybridized carbons (Fsp3) is 0.192. The first-order valence-corrected chi connectivity index (χ1v) is 11.4. The molecule has 7 nitrogen and oxygen atoms in total. The predicted octanol–water partition coefficient (Wildman–Crippen LogP) is 6.58. The van der Waals surface area contributed by atoms with E-state index < -0.39 is 0 Å². The number of fused-ring (bicyclic) bond motifs is 1. The summed E-state index contributed by atoms with van der Waals surface area (Å²) in [5.74, 6) is 2.28. The van der Waals surface area contributed by atoms with Gasteiger partial charge in [-0.1, -0.05) is 29.8 Å². The van der Waals surface area contributed by atoms with Gasteiger partial charge in [-0.3, -0.25) is 0 Å². The van der Waals surface area contributed by atoms with Crippen molar-refractivity contribution in [3.05, 3.63) is 77.8 Å². The molecular formula is C26H25ClN6O. The zero-order chi connectivity index (χ0) is 23.8. The largest absolute Gasteiger partial charge is 0.494 e. The number of imidazole rings is 1. The predicted molar refractivity (Wildman–Crippen MR) is 136 cm³/mol. The molecule has 0 aliphatic carbocycles. The summed E-state index contributed by atoms with van der Waals surface area (Å²) in [5.41, 5.74) is 5.54. The average molecular weight is 473 g/mol. The minimum Gasteiger partial charge on any atom is -0.494 e. The normalized spacial score (nSPS) is 11.4. The van der Waals surface area contributed by atoms with Crippen LogP contribution in [-0.4, -0.2) is 31.4 Å². The van der Waals surface area contributed by atoms with E-state index in [0.29, 0.717) is 16.6 Å². The highest BCUT2D eigenvalue weighted by atomic mass is 35.5. The number of ether oxygens (including phenoxy) is 1. The molecule has 2 heterocycles. The Morgan fingerprint density at radius 3 is 2.56 bits per heavy atom. The van der Waals surface area contributed by atoms with Crippen LogP contribution in [0.15, 0.2) is 67.0 Å². The molecule has 0 spiro atoms. The highest BCUT2D eigenvalue weighted by Gasteiger charge is 2.18. The fourth-order valence-corrected chi connectivity index (χ4v) is 4.32. The third-order valence-electron chi connectivity index (χ3n) is 5.63. The van der Waals surface area contributed by atoms with Crippen molar-refractivity contribution in [2.24, 2.45) is 0 Å². The van der Waals surface area contributed by atoms with Crippen LogP contribution in [0.25, 0.3) is 28.1 Å². The lowest BCUT2D eigenvalue weighted by atomic mass is 10.2. The number of nitrogens with one attached hydrogen (secondary N) is 1. The van der Waals surface area contributed by atoms with Crippen LogP contribution in [0.2, 0.25) is 5.02 Å². The summed E-state index contributed by atoms with van der Waals surface area (Å²) < 4.78 is 9.59. The van der Waals surface area contributed by atoms with Gasteiger partial charge in [-0.2, -0.15) is 5.10 Å². The molecule has 5 rings (SSSR count). The van der Waals surface area contributed by atoms with Crippen LogP contribution < -0.4 is 10.1 Å². The Kier molecular flexibility index (Phi) is 5.71. The standard InChI is InChI=1S/C26H25ClN6O/c1-16(2)33-23-10-6-9-21(25(23)30-26(33)18-7-5-8-19(27)13-18)29-20-11-12-22(24(14-20)34-4)32-15-28-17(3)31-32/h5-16,29H,1-4H3. The van der Waals surface area contributed by atoms with Crippen molar-refractivity contribution in [1.29, 1.82) is 0 Å². The minimum absolute atomic E-state index is 0.222. The van der Waals surface area contributed by atoms with Crippen LogP contribution in [0.3, 0.4) is 0 Å². The van der Waals surface area contributed by atoms with Gasteiger partial charge in [-0.25, -0.2) is 14.6 Å². The molecule has 0 saturated heterocycles. The van der Waals surface area contributed by atoms with E-state index in [1.54, 1.807) is 18.1 Å². The maximum absolute atomic E-state index is 6.28. The summed E-state index contributed by atoms with van der Waals surface area (Å²) in [6.45, 7) is 6.17. The number of methoxy groups -OCH3 is 1. The molecule has 34 heavy (non-hydrogen) atoms. The first-order valence-electron chi connectivity index (χ1n) is 11.0. The first-order chi connectivity index (χ1) is 16.4. The average Bonchev–Trinajstić information content (AvgIpc) is 3.43. The van der Waals surface area contributed by atoms with Crippen molar-refractivity contribution in [2.75, 3.05) is 12.4 Å². The molecule has 0 radical (unpaired) electrons. The Balaban J connectivity index is 1.58.